The summed E-state index contributed by atoms with van der Waals surface area (Å²) in [7, 11) is 0. The van der Waals surface area contributed by atoms with Crippen LogP contribution in [-0.4, -0.2) is 12.7 Å². The van der Waals surface area contributed by atoms with Crippen molar-refractivity contribution in [1.82, 2.24) is 0 Å². The first kappa shape index (κ1) is 9.70. The quantitative estimate of drug-likeness (QED) is 0.472. The highest BCUT2D eigenvalue weighted by Gasteiger charge is 2.05. The van der Waals surface area contributed by atoms with Crippen LogP contribution < -0.4 is 0 Å². The second-order valence-corrected chi connectivity index (χ2v) is 2.40. The van der Waals surface area contributed by atoms with Crippen molar-refractivity contribution in [3.8, 4) is 0 Å². The lowest BCUT2D eigenvalue weighted by Gasteiger charge is -2.16. The first-order valence-electron chi connectivity index (χ1n) is 4.06. The van der Waals surface area contributed by atoms with Gasteiger partial charge in [-0.1, -0.05) is 25.5 Å². The molecule has 1 rings (SSSR count). The fourth-order valence-electron chi connectivity index (χ4n) is 0.950. The molecule has 0 spiro atoms. The Morgan fingerprint density at radius 1 is 1.50 bits per heavy atom. The van der Waals surface area contributed by atoms with E-state index in [1.54, 1.807) is 0 Å². The van der Waals surface area contributed by atoms with Crippen molar-refractivity contribution in [2.24, 2.45) is 0 Å². The van der Waals surface area contributed by atoms with E-state index in [1.165, 1.54) is 5.57 Å². The van der Waals surface area contributed by atoms with Crippen LogP contribution in [0.4, 0.5) is 0 Å². The molecule has 0 aromatic rings. The second kappa shape index (κ2) is 5.48. The van der Waals surface area contributed by atoms with Gasteiger partial charge >= 0.3 is 0 Å². The molecule has 1 heteroatoms. The van der Waals surface area contributed by atoms with Crippen LogP contribution >= 0.6 is 0 Å². The van der Waals surface area contributed by atoms with Crippen LogP contribution in [0.3, 0.4) is 0 Å². The van der Waals surface area contributed by atoms with Crippen LogP contribution in [0.25, 0.3) is 0 Å². The number of ether oxygens (including phenoxy) is 1. The predicted octanol–water partition coefficient (Wildman–Crippen LogP) is 2.77. The fourth-order valence-corrected chi connectivity index (χ4v) is 0.950. The molecular weight excluding hydrogens is 124 g/mol. The van der Waals surface area contributed by atoms with E-state index < -0.39 is 0 Å². The van der Waals surface area contributed by atoms with E-state index in [1.807, 2.05) is 13.8 Å². The molecule has 60 valence electrons. The molecule has 0 fully saturated rings. The van der Waals surface area contributed by atoms with Crippen LogP contribution in [0.1, 0.15) is 34.1 Å². The molecule has 0 N–H and O–H groups in total. The minimum atomic E-state index is 0.444. The van der Waals surface area contributed by atoms with Gasteiger partial charge in [0, 0.05) is 0 Å². The van der Waals surface area contributed by atoms with E-state index in [0.717, 1.165) is 13.0 Å². The average molecular weight is 142 g/mol. The standard InChI is InChI=1S/C7H12O.C2H6/c1-6-3-4-8-7(2)5-6;1-2/h3,7H,4-5H2,1-2H3;1-2H3/t7-;/m1./s1. The fraction of sp³-hybridized carbons (Fsp3) is 0.778. The molecule has 1 nitrogen and oxygen atoms in total. The summed E-state index contributed by atoms with van der Waals surface area (Å²) in [6.45, 7) is 9.07. The summed E-state index contributed by atoms with van der Waals surface area (Å²) in [5, 5.41) is 0. The molecular formula is C9H18O. The molecule has 0 aromatic carbocycles. The summed E-state index contributed by atoms with van der Waals surface area (Å²) >= 11 is 0. The van der Waals surface area contributed by atoms with E-state index in [-0.39, 0.29) is 0 Å². The van der Waals surface area contributed by atoms with Crippen molar-refractivity contribution in [3.63, 3.8) is 0 Å². The molecule has 0 aliphatic carbocycles. The normalized spacial score (nSPS) is 24.4. The highest BCUT2D eigenvalue weighted by molar-refractivity contribution is 5.02. The third kappa shape index (κ3) is 3.67. The van der Waals surface area contributed by atoms with Gasteiger partial charge in [0.05, 0.1) is 12.7 Å². The first-order valence-corrected chi connectivity index (χ1v) is 4.06. The zero-order valence-electron chi connectivity index (χ0n) is 7.48. The first-order chi connectivity index (χ1) is 4.79. The summed E-state index contributed by atoms with van der Waals surface area (Å²) in [4.78, 5) is 0. The van der Waals surface area contributed by atoms with E-state index >= 15 is 0 Å². The van der Waals surface area contributed by atoms with E-state index in [0.29, 0.717) is 6.10 Å². The number of hydrogen-bond acceptors (Lipinski definition) is 1. The summed E-state index contributed by atoms with van der Waals surface area (Å²) in [5.74, 6) is 0. The topological polar surface area (TPSA) is 9.23 Å². The SMILES string of the molecule is CC.CC1=CCO[C@H](C)C1. The Labute approximate surface area is 64.1 Å². The number of rotatable bonds is 0. The monoisotopic (exact) mass is 142 g/mol. The van der Waals surface area contributed by atoms with Gasteiger partial charge in [-0.3, -0.25) is 0 Å². The van der Waals surface area contributed by atoms with Crippen LogP contribution in [-0.2, 0) is 4.74 Å². The Kier molecular flexibility index (Phi) is 5.32. The molecule has 1 atom stereocenters. The van der Waals surface area contributed by atoms with Crippen molar-refractivity contribution in [1.29, 1.82) is 0 Å². The van der Waals surface area contributed by atoms with Gasteiger partial charge in [-0.25, -0.2) is 0 Å². The maximum Gasteiger partial charge on any atom is 0.0653 e. The molecule has 1 heterocycles. The van der Waals surface area contributed by atoms with Crippen LogP contribution in [0, 0.1) is 0 Å². The van der Waals surface area contributed by atoms with Crippen molar-refractivity contribution in [3.05, 3.63) is 11.6 Å². The van der Waals surface area contributed by atoms with Gasteiger partial charge in [-0.05, 0) is 20.3 Å². The Balaban J connectivity index is 0.000000371. The largest absolute Gasteiger partial charge is 0.374 e. The van der Waals surface area contributed by atoms with Gasteiger partial charge < -0.3 is 4.74 Å². The predicted molar refractivity (Wildman–Crippen MR) is 45.1 cm³/mol. The smallest absolute Gasteiger partial charge is 0.0653 e. The van der Waals surface area contributed by atoms with Crippen molar-refractivity contribution >= 4 is 0 Å². The zero-order chi connectivity index (χ0) is 7.98. The highest BCUT2D eigenvalue weighted by Crippen LogP contribution is 2.11. The summed E-state index contributed by atoms with van der Waals surface area (Å²) < 4.78 is 5.27. The Morgan fingerprint density at radius 2 is 2.10 bits per heavy atom. The minimum absolute atomic E-state index is 0.444. The molecule has 1 aliphatic rings. The van der Waals surface area contributed by atoms with E-state index in [2.05, 4.69) is 19.9 Å². The lowest BCUT2D eigenvalue weighted by atomic mass is 10.1. The molecule has 1 aliphatic heterocycles. The lowest BCUT2D eigenvalue weighted by Crippen LogP contribution is -2.13. The van der Waals surface area contributed by atoms with E-state index in [9.17, 15) is 0 Å². The zero-order valence-corrected chi connectivity index (χ0v) is 7.48. The Hall–Kier alpha value is -0.300. The van der Waals surface area contributed by atoms with Gasteiger partial charge in [0.2, 0.25) is 0 Å². The minimum Gasteiger partial charge on any atom is -0.374 e. The summed E-state index contributed by atoms with van der Waals surface area (Å²) in [6.07, 6.45) is 3.69. The Bertz CT molecular complexity index is 105. The highest BCUT2D eigenvalue weighted by atomic mass is 16.5. The van der Waals surface area contributed by atoms with E-state index in [4.69, 9.17) is 4.74 Å². The van der Waals surface area contributed by atoms with Gasteiger partial charge in [-0.2, -0.15) is 0 Å². The molecule has 0 radical (unpaired) electrons. The molecule has 0 amide bonds. The second-order valence-electron chi connectivity index (χ2n) is 2.40. The Morgan fingerprint density at radius 3 is 2.40 bits per heavy atom. The van der Waals surface area contributed by atoms with Gasteiger partial charge in [0.25, 0.3) is 0 Å². The summed E-state index contributed by atoms with van der Waals surface area (Å²) in [6, 6.07) is 0. The van der Waals surface area contributed by atoms with Gasteiger partial charge in [0.1, 0.15) is 0 Å². The van der Waals surface area contributed by atoms with Crippen LogP contribution in [0.5, 0.6) is 0 Å². The number of hydrogen-bond donors (Lipinski definition) is 0. The maximum absolute atomic E-state index is 5.27. The molecule has 0 saturated heterocycles. The van der Waals surface area contributed by atoms with Crippen molar-refractivity contribution in [2.45, 2.75) is 40.2 Å². The van der Waals surface area contributed by atoms with Crippen molar-refractivity contribution in [2.75, 3.05) is 6.61 Å². The maximum atomic E-state index is 5.27. The van der Waals surface area contributed by atoms with Crippen LogP contribution in [0.15, 0.2) is 11.6 Å². The lowest BCUT2D eigenvalue weighted by molar-refractivity contribution is 0.0784. The summed E-state index contributed by atoms with van der Waals surface area (Å²) in [5.41, 5.74) is 1.46. The molecule has 0 bridgehead atoms. The molecule has 0 unspecified atom stereocenters. The third-order valence-corrected chi connectivity index (χ3v) is 1.42. The van der Waals surface area contributed by atoms with Gasteiger partial charge in [-0.15, -0.1) is 0 Å². The molecule has 10 heavy (non-hydrogen) atoms. The molecule has 0 saturated carbocycles. The van der Waals surface area contributed by atoms with Crippen molar-refractivity contribution < 1.29 is 4.74 Å². The molecule has 0 aromatic heterocycles. The third-order valence-electron chi connectivity index (χ3n) is 1.42. The average Bonchev–Trinajstić information content (AvgIpc) is 1.91. The van der Waals surface area contributed by atoms with Gasteiger partial charge in [0.15, 0.2) is 0 Å². The van der Waals surface area contributed by atoms with Crippen LogP contribution in [0.2, 0.25) is 0 Å².